The van der Waals surface area contributed by atoms with Gasteiger partial charge in [-0.25, -0.2) is 19.2 Å². The Bertz CT molecular complexity index is 490. The van der Waals surface area contributed by atoms with Crippen molar-refractivity contribution in [2.75, 3.05) is 0 Å². The van der Waals surface area contributed by atoms with Gasteiger partial charge in [0.2, 0.25) is 12.2 Å². The molecule has 8 heteroatoms. The highest BCUT2D eigenvalue weighted by atomic mass is 16.4. The molecule has 0 saturated heterocycles. The normalized spacial score (nSPS) is 15.9. The van der Waals surface area contributed by atoms with Gasteiger partial charge in [0.25, 0.3) is 0 Å². The number of hydrogen-bond donors (Lipinski definition) is 2. The van der Waals surface area contributed by atoms with Gasteiger partial charge in [0, 0.05) is 0 Å². The number of carbonyl (C=O) groups excluding carboxylic acids is 2. The molecule has 0 radical (unpaired) electrons. The van der Waals surface area contributed by atoms with E-state index in [1.807, 2.05) is 0 Å². The highest BCUT2D eigenvalue weighted by Crippen LogP contribution is 2.33. The second kappa shape index (κ2) is 8.36. The zero-order valence-electron chi connectivity index (χ0n) is 13.7. The quantitative estimate of drug-likeness (QED) is 0.464. The van der Waals surface area contributed by atoms with E-state index in [1.54, 1.807) is 27.7 Å². The molecule has 0 aliphatic heterocycles. The van der Waals surface area contributed by atoms with E-state index in [9.17, 15) is 29.4 Å². The third-order valence-corrected chi connectivity index (χ3v) is 4.26. The summed E-state index contributed by atoms with van der Waals surface area (Å²) in [6, 6.07) is 0. The standard InChI is InChI=1S/C15H22N2O6/c1-10(2)14(12(20)21,16-8-18)6-5-7-15(11(3)4,13(22)23)17-9-19/h10-11H,5-7H2,1-4H3,(H,20,21)(H,22,23). The van der Waals surface area contributed by atoms with Crippen LogP contribution in [0.25, 0.3) is 0 Å². The molecule has 0 saturated carbocycles. The molecule has 2 N–H and O–H groups in total. The van der Waals surface area contributed by atoms with Crippen LogP contribution in [0.15, 0.2) is 9.98 Å². The predicted octanol–water partition coefficient (Wildman–Crippen LogP) is 1.79. The van der Waals surface area contributed by atoms with Gasteiger partial charge in [-0.15, -0.1) is 0 Å². The third-order valence-electron chi connectivity index (χ3n) is 4.26. The minimum absolute atomic E-state index is 0.0641. The smallest absolute Gasteiger partial charge is 0.332 e. The van der Waals surface area contributed by atoms with Crippen molar-refractivity contribution in [3.8, 4) is 0 Å². The van der Waals surface area contributed by atoms with Gasteiger partial charge in [0.15, 0.2) is 11.1 Å². The number of aliphatic carboxylic acids is 2. The SMILES string of the molecule is CC(C)C(CCCC(N=C=O)(C(=O)O)C(C)C)(N=C=O)C(=O)O. The molecule has 0 aliphatic rings. The fourth-order valence-electron chi connectivity index (χ4n) is 2.54. The summed E-state index contributed by atoms with van der Waals surface area (Å²) in [4.78, 5) is 51.1. The fraction of sp³-hybridized carbons (Fsp3) is 0.733. The van der Waals surface area contributed by atoms with Crippen molar-refractivity contribution >= 4 is 24.1 Å². The van der Waals surface area contributed by atoms with Crippen LogP contribution in [0, 0.1) is 11.8 Å². The lowest BCUT2D eigenvalue weighted by Crippen LogP contribution is -2.44. The molecule has 0 heterocycles. The maximum Gasteiger partial charge on any atom is 0.332 e. The van der Waals surface area contributed by atoms with Crippen LogP contribution in [-0.2, 0) is 19.2 Å². The molecule has 0 amide bonds. The Hall–Kier alpha value is -2.30. The van der Waals surface area contributed by atoms with Crippen LogP contribution < -0.4 is 0 Å². The Morgan fingerprint density at radius 2 is 1.17 bits per heavy atom. The molecule has 0 aromatic heterocycles. The number of aliphatic imine (C=N–C) groups is 2. The topological polar surface area (TPSA) is 133 Å². The van der Waals surface area contributed by atoms with Gasteiger partial charge >= 0.3 is 11.9 Å². The van der Waals surface area contributed by atoms with Gasteiger partial charge in [-0.3, -0.25) is 0 Å². The lowest BCUT2D eigenvalue weighted by atomic mass is 9.77. The molecule has 8 nitrogen and oxygen atoms in total. The van der Waals surface area contributed by atoms with Crippen molar-refractivity contribution in [3.05, 3.63) is 0 Å². The van der Waals surface area contributed by atoms with Gasteiger partial charge < -0.3 is 10.2 Å². The first-order valence-electron chi connectivity index (χ1n) is 7.25. The van der Waals surface area contributed by atoms with Gasteiger partial charge in [0.1, 0.15) is 0 Å². The summed E-state index contributed by atoms with van der Waals surface area (Å²) in [5.74, 6) is -3.54. The van der Waals surface area contributed by atoms with Crippen molar-refractivity contribution in [1.82, 2.24) is 0 Å². The summed E-state index contributed by atoms with van der Waals surface area (Å²) in [7, 11) is 0. The monoisotopic (exact) mass is 326 g/mol. The molecule has 0 aromatic rings. The van der Waals surface area contributed by atoms with E-state index < -0.39 is 34.9 Å². The summed E-state index contributed by atoms with van der Waals surface area (Å²) < 4.78 is 0. The predicted molar refractivity (Wildman–Crippen MR) is 80.5 cm³/mol. The van der Waals surface area contributed by atoms with Crippen molar-refractivity contribution < 1.29 is 29.4 Å². The molecule has 128 valence electrons. The first kappa shape index (κ1) is 20.7. The van der Waals surface area contributed by atoms with Gasteiger partial charge in [-0.2, -0.15) is 9.98 Å². The Labute approximate surface area is 134 Å². The third kappa shape index (κ3) is 4.34. The molecule has 0 bridgehead atoms. The van der Waals surface area contributed by atoms with Crippen molar-refractivity contribution in [2.24, 2.45) is 21.8 Å². The van der Waals surface area contributed by atoms with Crippen LogP contribution in [0.1, 0.15) is 47.0 Å². The zero-order valence-corrected chi connectivity index (χ0v) is 13.7. The molecule has 2 atom stereocenters. The van der Waals surface area contributed by atoms with E-state index >= 15 is 0 Å². The van der Waals surface area contributed by atoms with E-state index in [2.05, 4.69) is 9.98 Å². The zero-order chi connectivity index (χ0) is 18.3. The molecule has 0 fully saturated rings. The first-order valence-corrected chi connectivity index (χ1v) is 7.25. The van der Waals surface area contributed by atoms with Gasteiger partial charge in [0.05, 0.1) is 0 Å². The van der Waals surface area contributed by atoms with E-state index in [1.165, 1.54) is 12.2 Å². The molecule has 0 spiro atoms. The summed E-state index contributed by atoms with van der Waals surface area (Å²) in [5, 5.41) is 18.8. The molecule has 0 aliphatic carbocycles. The minimum atomic E-state index is -1.67. The number of carboxylic acid groups (broad SMARTS) is 2. The minimum Gasteiger partial charge on any atom is -0.479 e. The molecule has 23 heavy (non-hydrogen) atoms. The highest BCUT2D eigenvalue weighted by Gasteiger charge is 2.45. The van der Waals surface area contributed by atoms with Crippen LogP contribution in [0.3, 0.4) is 0 Å². The Morgan fingerprint density at radius 3 is 1.35 bits per heavy atom. The van der Waals surface area contributed by atoms with Crippen LogP contribution in [-0.4, -0.2) is 45.4 Å². The number of rotatable bonds is 10. The van der Waals surface area contributed by atoms with Gasteiger partial charge in [-0.05, 0) is 31.1 Å². The highest BCUT2D eigenvalue weighted by molar-refractivity contribution is 5.81. The Morgan fingerprint density at radius 1 is 0.870 bits per heavy atom. The van der Waals surface area contributed by atoms with Crippen molar-refractivity contribution in [2.45, 2.75) is 58.0 Å². The number of carboxylic acids is 2. The second-order valence-electron chi connectivity index (χ2n) is 6.03. The molecule has 0 rings (SSSR count). The summed E-state index contributed by atoms with van der Waals surface area (Å²) in [6.07, 6.45) is 2.54. The Kier molecular flexibility index (Phi) is 7.53. The first-order chi connectivity index (χ1) is 10.6. The van der Waals surface area contributed by atoms with Crippen LogP contribution in [0.5, 0.6) is 0 Å². The Balaban J connectivity index is 5.48. The van der Waals surface area contributed by atoms with Crippen molar-refractivity contribution in [1.29, 1.82) is 0 Å². The lowest BCUT2D eigenvalue weighted by Gasteiger charge is -2.31. The molecule has 2 unspecified atom stereocenters. The van der Waals surface area contributed by atoms with E-state index in [-0.39, 0.29) is 19.3 Å². The summed E-state index contributed by atoms with van der Waals surface area (Å²) >= 11 is 0. The lowest BCUT2D eigenvalue weighted by molar-refractivity contribution is -0.145. The molecule has 0 aromatic carbocycles. The van der Waals surface area contributed by atoms with Crippen molar-refractivity contribution in [3.63, 3.8) is 0 Å². The largest absolute Gasteiger partial charge is 0.479 e. The summed E-state index contributed by atoms with van der Waals surface area (Å²) in [5.41, 5.74) is -3.35. The van der Waals surface area contributed by atoms with Crippen LogP contribution in [0.2, 0.25) is 0 Å². The second-order valence-corrected chi connectivity index (χ2v) is 6.03. The molecular formula is C15H22N2O6. The number of nitrogens with zero attached hydrogens (tertiary/aromatic N) is 2. The average Bonchev–Trinajstić information content (AvgIpc) is 2.43. The number of isocyanates is 2. The maximum atomic E-state index is 11.5. The van der Waals surface area contributed by atoms with Gasteiger partial charge in [-0.1, -0.05) is 27.7 Å². The van der Waals surface area contributed by atoms with Crippen LogP contribution >= 0.6 is 0 Å². The number of hydrogen-bond acceptors (Lipinski definition) is 6. The fourth-order valence-corrected chi connectivity index (χ4v) is 2.54. The summed E-state index contributed by atoms with van der Waals surface area (Å²) in [6.45, 7) is 6.41. The average molecular weight is 326 g/mol. The number of carbonyl (C=O) groups is 2. The van der Waals surface area contributed by atoms with E-state index in [4.69, 9.17) is 0 Å². The molecular weight excluding hydrogens is 304 g/mol. The maximum absolute atomic E-state index is 11.5. The van der Waals surface area contributed by atoms with E-state index in [0.717, 1.165) is 0 Å². The van der Waals surface area contributed by atoms with E-state index in [0.29, 0.717) is 0 Å². The van der Waals surface area contributed by atoms with Crippen LogP contribution in [0.4, 0.5) is 0 Å².